The summed E-state index contributed by atoms with van der Waals surface area (Å²) in [5.74, 6) is -1.07. The fourth-order valence-electron chi connectivity index (χ4n) is 4.18. The highest BCUT2D eigenvalue weighted by atomic mass is 16.6. The summed E-state index contributed by atoms with van der Waals surface area (Å²) in [4.78, 5) is 35.6. The minimum atomic E-state index is -1.28. The van der Waals surface area contributed by atoms with E-state index in [2.05, 4.69) is 5.32 Å². The first-order valence-electron chi connectivity index (χ1n) is 12.3. The molecule has 1 unspecified atom stereocenters. The number of nitrogens with one attached hydrogen (secondary N) is 1. The lowest BCUT2D eigenvalue weighted by molar-refractivity contribution is -0.156. The second-order valence-electron chi connectivity index (χ2n) is 8.48. The van der Waals surface area contributed by atoms with Crippen LogP contribution in [-0.2, 0) is 29.5 Å². The molecule has 0 radical (unpaired) electrons. The molecule has 0 bridgehead atoms. The van der Waals surface area contributed by atoms with E-state index in [1.165, 1.54) is 0 Å². The summed E-state index contributed by atoms with van der Waals surface area (Å²) >= 11 is 0. The third-order valence-electron chi connectivity index (χ3n) is 6.05. The number of primary amides is 1. The van der Waals surface area contributed by atoms with E-state index in [0.29, 0.717) is 17.1 Å². The normalized spacial score (nSPS) is 11.8. The van der Waals surface area contributed by atoms with E-state index in [-0.39, 0.29) is 19.6 Å². The predicted octanol–water partition coefficient (Wildman–Crippen LogP) is 1.87. The number of methoxy groups -OCH3 is 2. The van der Waals surface area contributed by atoms with Crippen LogP contribution in [0, 0.1) is 0 Å². The minimum absolute atomic E-state index is 0.0327. The number of nitrogens with two attached hydrogens (primary N) is 2. The van der Waals surface area contributed by atoms with Gasteiger partial charge in [-0.3, -0.25) is 14.4 Å². The predicted molar refractivity (Wildman–Crippen MR) is 144 cm³/mol. The van der Waals surface area contributed by atoms with E-state index >= 15 is 0 Å². The maximum atomic E-state index is 12.2. The Morgan fingerprint density at radius 3 is 2.03 bits per heavy atom. The number of carbonyl (C=O) groups excluding carboxylic acids is 3. The van der Waals surface area contributed by atoms with Crippen molar-refractivity contribution in [2.75, 3.05) is 33.9 Å². The molecule has 3 aromatic rings. The van der Waals surface area contributed by atoms with Crippen molar-refractivity contribution in [1.82, 2.24) is 5.32 Å². The van der Waals surface area contributed by atoms with Gasteiger partial charge in [0.1, 0.15) is 23.6 Å². The summed E-state index contributed by atoms with van der Waals surface area (Å²) < 4.78 is 23.1. The average molecular weight is 536 g/mol. The second kappa shape index (κ2) is 13.9. The van der Waals surface area contributed by atoms with Gasteiger partial charge in [0.25, 0.3) is 5.91 Å². The van der Waals surface area contributed by atoms with E-state index in [1.54, 1.807) is 20.3 Å². The largest absolute Gasteiger partial charge is 0.497 e. The van der Waals surface area contributed by atoms with Crippen LogP contribution < -0.4 is 26.3 Å². The van der Waals surface area contributed by atoms with E-state index in [4.69, 9.17) is 30.4 Å². The molecule has 39 heavy (non-hydrogen) atoms. The smallest absolute Gasteiger partial charge is 0.326 e. The van der Waals surface area contributed by atoms with Gasteiger partial charge >= 0.3 is 5.97 Å². The Morgan fingerprint density at radius 2 is 1.51 bits per heavy atom. The van der Waals surface area contributed by atoms with Crippen molar-refractivity contribution >= 4 is 17.8 Å². The molecular weight excluding hydrogens is 502 g/mol. The molecule has 5 N–H and O–H groups in total. The van der Waals surface area contributed by atoms with Gasteiger partial charge in [-0.2, -0.15) is 0 Å². The average Bonchev–Trinajstić information content (AvgIpc) is 2.98. The summed E-state index contributed by atoms with van der Waals surface area (Å²) in [5, 5.41) is 2.30. The summed E-state index contributed by atoms with van der Waals surface area (Å²) in [6, 6.07) is 24.6. The number of hydrogen-bond acceptors (Lipinski definition) is 8. The zero-order chi connectivity index (χ0) is 28.3. The first kappa shape index (κ1) is 29.2. The van der Waals surface area contributed by atoms with Crippen molar-refractivity contribution in [2.45, 2.75) is 18.1 Å². The molecule has 0 saturated carbocycles. The fourth-order valence-corrected chi connectivity index (χ4v) is 4.18. The SMILES string of the molecule is COc1ccc(C(OCCC(OC(=O)CNC(=O)CN)C(N)=O)(c2ccccc2)c2ccccc2)c(OC)c1. The Morgan fingerprint density at radius 1 is 0.897 bits per heavy atom. The van der Waals surface area contributed by atoms with Crippen LogP contribution >= 0.6 is 0 Å². The molecular formula is C29H33N3O7. The van der Waals surface area contributed by atoms with E-state index in [9.17, 15) is 14.4 Å². The molecule has 2 amide bonds. The summed E-state index contributed by atoms with van der Waals surface area (Å²) in [6.07, 6.45) is -1.32. The van der Waals surface area contributed by atoms with E-state index < -0.39 is 36.0 Å². The third kappa shape index (κ3) is 7.13. The van der Waals surface area contributed by atoms with Crippen LogP contribution in [-0.4, -0.2) is 57.8 Å². The highest BCUT2D eigenvalue weighted by molar-refractivity contribution is 5.85. The lowest BCUT2D eigenvalue weighted by Crippen LogP contribution is -2.40. The van der Waals surface area contributed by atoms with Crippen LogP contribution in [0.4, 0.5) is 0 Å². The number of ether oxygens (including phenoxy) is 4. The Hall–Kier alpha value is -4.41. The Bertz CT molecular complexity index is 1210. The van der Waals surface area contributed by atoms with Gasteiger partial charge in [-0.1, -0.05) is 60.7 Å². The minimum Gasteiger partial charge on any atom is -0.497 e. The number of carbonyl (C=O) groups is 3. The molecule has 10 nitrogen and oxygen atoms in total. The van der Waals surface area contributed by atoms with E-state index in [1.807, 2.05) is 72.8 Å². The molecule has 0 aromatic heterocycles. The third-order valence-corrected chi connectivity index (χ3v) is 6.05. The molecule has 0 aliphatic heterocycles. The van der Waals surface area contributed by atoms with E-state index in [0.717, 1.165) is 11.1 Å². The standard InChI is InChI=1S/C29H33N3O7/c1-36-22-13-14-23(25(17-22)37-2)29(20-9-5-3-6-10-20,21-11-7-4-8-12-21)38-16-15-24(28(31)35)39-27(34)19-32-26(33)18-30/h3-14,17,24H,15-16,18-19,30H2,1-2H3,(H2,31,35)(H,32,33). The van der Waals surface area contributed by atoms with Crippen LogP contribution in [0.1, 0.15) is 23.1 Å². The van der Waals surface area contributed by atoms with Crippen LogP contribution in [0.5, 0.6) is 11.5 Å². The number of amides is 2. The van der Waals surface area contributed by atoms with Crippen LogP contribution in [0.15, 0.2) is 78.9 Å². The van der Waals surface area contributed by atoms with Crippen molar-refractivity contribution in [3.05, 3.63) is 95.6 Å². The molecule has 10 heteroatoms. The highest BCUT2D eigenvalue weighted by Gasteiger charge is 2.40. The van der Waals surface area contributed by atoms with Gasteiger partial charge in [-0.25, -0.2) is 0 Å². The molecule has 3 aromatic carbocycles. The van der Waals surface area contributed by atoms with Crippen LogP contribution in [0.3, 0.4) is 0 Å². The Balaban J connectivity index is 1.99. The van der Waals surface area contributed by atoms with Crippen LogP contribution in [0.2, 0.25) is 0 Å². The summed E-state index contributed by atoms with van der Waals surface area (Å²) in [5.41, 5.74) is 11.9. The van der Waals surface area contributed by atoms with Gasteiger partial charge in [0, 0.05) is 18.1 Å². The number of hydrogen-bond donors (Lipinski definition) is 3. The molecule has 3 rings (SSSR count). The molecule has 0 saturated heterocycles. The van der Waals surface area contributed by atoms with Crippen molar-refractivity contribution < 1.29 is 33.3 Å². The number of rotatable bonds is 14. The van der Waals surface area contributed by atoms with Crippen LogP contribution in [0.25, 0.3) is 0 Å². The first-order chi connectivity index (χ1) is 18.8. The summed E-state index contributed by atoms with van der Waals surface area (Å²) in [6.45, 7) is -0.757. The maximum absolute atomic E-state index is 12.2. The van der Waals surface area contributed by atoms with Gasteiger partial charge in [0.15, 0.2) is 6.10 Å². The van der Waals surface area contributed by atoms with Gasteiger partial charge in [-0.05, 0) is 23.3 Å². The topological polar surface area (TPSA) is 152 Å². The molecule has 0 fully saturated rings. The quantitative estimate of drug-likeness (QED) is 0.209. The highest BCUT2D eigenvalue weighted by Crippen LogP contribution is 2.45. The zero-order valence-electron chi connectivity index (χ0n) is 21.9. The van der Waals surface area contributed by atoms with Crippen molar-refractivity contribution in [2.24, 2.45) is 11.5 Å². The lowest BCUT2D eigenvalue weighted by Gasteiger charge is -2.37. The monoisotopic (exact) mass is 535 g/mol. The van der Waals surface area contributed by atoms with Gasteiger partial charge in [-0.15, -0.1) is 0 Å². The molecule has 0 spiro atoms. The van der Waals surface area contributed by atoms with Gasteiger partial charge in [0.05, 0.1) is 27.4 Å². The molecule has 206 valence electrons. The Kier molecular flexibility index (Phi) is 10.4. The van der Waals surface area contributed by atoms with Gasteiger partial charge in [0.2, 0.25) is 5.91 Å². The molecule has 0 aliphatic rings. The Labute approximate surface area is 227 Å². The molecule has 1 atom stereocenters. The zero-order valence-corrected chi connectivity index (χ0v) is 21.9. The number of esters is 1. The van der Waals surface area contributed by atoms with Gasteiger partial charge < -0.3 is 35.7 Å². The fraction of sp³-hybridized carbons (Fsp3) is 0.276. The molecule has 0 heterocycles. The maximum Gasteiger partial charge on any atom is 0.326 e. The lowest BCUT2D eigenvalue weighted by atomic mass is 9.79. The summed E-state index contributed by atoms with van der Waals surface area (Å²) in [7, 11) is 3.13. The van der Waals surface area contributed by atoms with Crippen molar-refractivity contribution in [3.8, 4) is 11.5 Å². The van der Waals surface area contributed by atoms with Crippen molar-refractivity contribution in [3.63, 3.8) is 0 Å². The molecule has 0 aliphatic carbocycles. The number of benzene rings is 3. The first-order valence-corrected chi connectivity index (χ1v) is 12.3. The second-order valence-corrected chi connectivity index (χ2v) is 8.48. The van der Waals surface area contributed by atoms with Crippen molar-refractivity contribution in [1.29, 1.82) is 0 Å².